The lowest BCUT2D eigenvalue weighted by atomic mass is 10.4. The largest absolute Gasteiger partial charge is 0.462 e. The van der Waals surface area contributed by atoms with Crippen molar-refractivity contribution >= 4 is 19.9 Å². The molecule has 1 aromatic rings. The Labute approximate surface area is 92.1 Å². The highest BCUT2D eigenvalue weighted by molar-refractivity contribution is 7.47. The zero-order chi connectivity index (χ0) is 11.1. The van der Waals surface area contributed by atoms with Gasteiger partial charge in [-0.2, -0.15) is 0 Å². The van der Waals surface area contributed by atoms with E-state index >= 15 is 0 Å². The number of carbonyl (C=O) groups is 1. The molecule has 1 unspecified atom stereocenters. The zero-order valence-corrected chi connectivity index (χ0v) is 9.82. The minimum absolute atomic E-state index is 0.298. The van der Waals surface area contributed by atoms with Gasteiger partial charge in [0.05, 0.1) is 6.61 Å². The maximum atomic E-state index is 11.0. The van der Waals surface area contributed by atoms with Crippen LogP contribution in [0.5, 0.6) is 0 Å². The third kappa shape index (κ3) is 4.75. The van der Waals surface area contributed by atoms with Crippen LogP contribution in [0.3, 0.4) is 0 Å². The normalized spacial score (nSPS) is 10.5. The summed E-state index contributed by atoms with van der Waals surface area (Å²) in [6.45, 7) is 5.65. The lowest BCUT2D eigenvalue weighted by molar-refractivity contribution is -0.138. The second-order valence-electron chi connectivity index (χ2n) is 3.21. The van der Waals surface area contributed by atoms with Crippen LogP contribution in [-0.2, 0) is 9.53 Å². The van der Waals surface area contributed by atoms with Gasteiger partial charge in [-0.15, -0.1) is 0 Å². The van der Waals surface area contributed by atoms with Crippen LogP contribution in [0.15, 0.2) is 42.5 Å². The minimum Gasteiger partial charge on any atom is -0.462 e. The molecule has 1 atom stereocenters. The molecule has 0 bridgehead atoms. The van der Waals surface area contributed by atoms with Crippen LogP contribution in [0, 0.1) is 0 Å². The Kier molecular flexibility index (Phi) is 5.06. The summed E-state index contributed by atoms with van der Waals surface area (Å²) in [5.74, 6) is -0.298. The SMILES string of the molecule is C=C(C)C(=O)OCCPc1ccccc1. The average Bonchev–Trinajstić information content (AvgIpc) is 2.25. The molecule has 0 N–H and O–H groups in total. The molecule has 0 aliphatic carbocycles. The fourth-order valence-electron chi connectivity index (χ4n) is 1.02. The monoisotopic (exact) mass is 222 g/mol. The van der Waals surface area contributed by atoms with E-state index in [1.165, 1.54) is 5.30 Å². The van der Waals surface area contributed by atoms with Crippen molar-refractivity contribution in [1.29, 1.82) is 0 Å². The third-order valence-corrected chi connectivity index (χ3v) is 2.98. The molecule has 2 nitrogen and oxygen atoms in total. The fourth-order valence-corrected chi connectivity index (χ4v) is 1.94. The zero-order valence-electron chi connectivity index (χ0n) is 8.82. The van der Waals surface area contributed by atoms with Gasteiger partial charge in [-0.3, -0.25) is 0 Å². The lowest BCUT2D eigenvalue weighted by Crippen LogP contribution is -2.08. The molecule has 0 fully saturated rings. The summed E-state index contributed by atoms with van der Waals surface area (Å²) in [4.78, 5) is 11.0. The van der Waals surface area contributed by atoms with E-state index in [9.17, 15) is 4.79 Å². The predicted molar refractivity (Wildman–Crippen MR) is 65.0 cm³/mol. The van der Waals surface area contributed by atoms with Crippen molar-refractivity contribution in [2.45, 2.75) is 6.92 Å². The van der Waals surface area contributed by atoms with Crippen molar-refractivity contribution in [1.82, 2.24) is 0 Å². The van der Waals surface area contributed by atoms with Gasteiger partial charge in [0.15, 0.2) is 0 Å². The second kappa shape index (κ2) is 6.36. The van der Waals surface area contributed by atoms with E-state index in [1.54, 1.807) is 6.92 Å². The van der Waals surface area contributed by atoms with Crippen molar-refractivity contribution in [2.24, 2.45) is 0 Å². The van der Waals surface area contributed by atoms with Crippen molar-refractivity contribution < 1.29 is 9.53 Å². The first-order valence-corrected chi connectivity index (χ1v) is 6.02. The summed E-state index contributed by atoms with van der Waals surface area (Å²) in [6.07, 6.45) is 0.878. The van der Waals surface area contributed by atoms with Crippen molar-refractivity contribution in [3.8, 4) is 0 Å². The van der Waals surface area contributed by atoms with Crippen molar-refractivity contribution in [2.75, 3.05) is 12.8 Å². The van der Waals surface area contributed by atoms with Gasteiger partial charge in [0.1, 0.15) is 0 Å². The Balaban J connectivity index is 2.18. The van der Waals surface area contributed by atoms with E-state index in [0.717, 1.165) is 6.16 Å². The molecule has 0 aliphatic heterocycles. The first kappa shape index (κ1) is 11.9. The highest BCUT2D eigenvalue weighted by Crippen LogP contribution is 2.09. The van der Waals surface area contributed by atoms with Crippen LogP contribution in [0.4, 0.5) is 0 Å². The van der Waals surface area contributed by atoms with Gasteiger partial charge in [0, 0.05) is 11.7 Å². The summed E-state index contributed by atoms with van der Waals surface area (Å²) in [7, 11) is 0.691. The van der Waals surface area contributed by atoms with Crippen LogP contribution in [0.25, 0.3) is 0 Å². The standard InChI is InChI=1S/C12H15O2P/c1-10(2)12(13)14-8-9-15-11-6-4-3-5-7-11/h3-7,15H,1,8-9H2,2H3. The molecule has 3 heteroatoms. The Morgan fingerprint density at radius 2 is 2.07 bits per heavy atom. The maximum absolute atomic E-state index is 11.0. The van der Waals surface area contributed by atoms with Crippen LogP contribution >= 0.6 is 8.58 Å². The Bertz CT molecular complexity index is 333. The summed E-state index contributed by atoms with van der Waals surface area (Å²) in [6, 6.07) is 10.2. The average molecular weight is 222 g/mol. The molecule has 1 aromatic carbocycles. The van der Waals surface area contributed by atoms with Gasteiger partial charge in [-0.1, -0.05) is 45.5 Å². The number of ether oxygens (including phenoxy) is 1. The molecule has 0 saturated heterocycles. The molecular formula is C12H15O2P. The number of hydrogen-bond donors (Lipinski definition) is 0. The van der Waals surface area contributed by atoms with Crippen LogP contribution in [0.1, 0.15) is 6.92 Å². The molecule has 0 radical (unpaired) electrons. The van der Waals surface area contributed by atoms with Gasteiger partial charge in [-0.05, 0) is 12.2 Å². The molecule has 0 aliphatic rings. The molecule has 0 aromatic heterocycles. The molecule has 0 amide bonds. The molecular weight excluding hydrogens is 207 g/mol. The molecule has 0 heterocycles. The second-order valence-corrected chi connectivity index (χ2v) is 4.64. The van der Waals surface area contributed by atoms with E-state index in [1.807, 2.05) is 18.2 Å². The van der Waals surface area contributed by atoms with E-state index in [0.29, 0.717) is 20.8 Å². The van der Waals surface area contributed by atoms with Gasteiger partial charge in [0.25, 0.3) is 0 Å². The molecule has 0 saturated carbocycles. The number of esters is 1. The summed E-state index contributed by atoms with van der Waals surface area (Å²) >= 11 is 0. The van der Waals surface area contributed by atoms with Crippen molar-refractivity contribution in [3.05, 3.63) is 42.5 Å². The maximum Gasteiger partial charge on any atom is 0.333 e. The predicted octanol–water partition coefficient (Wildman–Crippen LogP) is 2.11. The first-order valence-electron chi connectivity index (χ1n) is 4.81. The number of carbonyl (C=O) groups excluding carboxylic acids is 1. The number of benzene rings is 1. The number of hydrogen-bond acceptors (Lipinski definition) is 2. The summed E-state index contributed by atoms with van der Waals surface area (Å²) < 4.78 is 4.99. The first-order chi connectivity index (χ1) is 7.20. The lowest BCUT2D eigenvalue weighted by Gasteiger charge is -2.04. The number of rotatable bonds is 5. The third-order valence-electron chi connectivity index (χ3n) is 1.79. The summed E-state index contributed by atoms with van der Waals surface area (Å²) in [5, 5.41) is 1.30. The molecule has 80 valence electrons. The van der Waals surface area contributed by atoms with E-state index in [2.05, 4.69) is 18.7 Å². The fraction of sp³-hybridized carbons (Fsp3) is 0.250. The molecule has 1 rings (SSSR count). The Hall–Kier alpha value is -1.14. The quantitative estimate of drug-likeness (QED) is 0.330. The minimum atomic E-state index is -0.298. The summed E-state index contributed by atoms with van der Waals surface area (Å²) in [5.41, 5.74) is 0.457. The van der Waals surface area contributed by atoms with E-state index < -0.39 is 0 Å². The van der Waals surface area contributed by atoms with Gasteiger partial charge >= 0.3 is 5.97 Å². The van der Waals surface area contributed by atoms with Crippen LogP contribution in [-0.4, -0.2) is 18.7 Å². The molecule has 0 spiro atoms. The van der Waals surface area contributed by atoms with Gasteiger partial charge in [-0.25, -0.2) is 4.79 Å². The smallest absolute Gasteiger partial charge is 0.333 e. The topological polar surface area (TPSA) is 26.3 Å². The highest BCUT2D eigenvalue weighted by atomic mass is 31.1. The Morgan fingerprint density at radius 1 is 1.40 bits per heavy atom. The van der Waals surface area contributed by atoms with Crippen LogP contribution < -0.4 is 5.30 Å². The molecule has 15 heavy (non-hydrogen) atoms. The van der Waals surface area contributed by atoms with Gasteiger partial charge in [0.2, 0.25) is 0 Å². The Morgan fingerprint density at radius 3 is 2.67 bits per heavy atom. The van der Waals surface area contributed by atoms with Crippen molar-refractivity contribution in [3.63, 3.8) is 0 Å². The van der Waals surface area contributed by atoms with E-state index in [-0.39, 0.29) is 5.97 Å². The van der Waals surface area contributed by atoms with Gasteiger partial charge < -0.3 is 4.74 Å². The van der Waals surface area contributed by atoms with E-state index in [4.69, 9.17) is 4.74 Å². The van der Waals surface area contributed by atoms with Crippen LogP contribution in [0.2, 0.25) is 0 Å². The highest BCUT2D eigenvalue weighted by Gasteiger charge is 2.01.